The van der Waals surface area contributed by atoms with E-state index in [2.05, 4.69) is 34.7 Å². The Morgan fingerprint density at radius 1 is 1.18 bits per heavy atom. The zero-order chi connectivity index (χ0) is 19.8. The second-order valence-electron chi connectivity index (χ2n) is 9.60. The number of carbonyl (C=O) groups excluding carboxylic acids is 2. The standard InChI is InChI=1S/C21H36N4O2S/c1-12-4-5-15(24-20(26)18-10-28-11-23-18)8-16(12)17-7-14-9-22-13(2)6-19(14)25(3)21(17)27/h12-19,22-23H,4-11H2,1-3H3,(H,24,26). The number of rotatable bonds is 3. The van der Waals surface area contributed by atoms with Crippen molar-refractivity contribution in [2.45, 2.75) is 70.1 Å². The molecule has 1 saturated carbocycles. The van der Waals surface area contributed by atoms with Gasteiger partial charge in [-0.3, -0.25) is 14.9 Å². The first kappa shape index (κ1) is 20.5. The van der Waals surface area contributed by atoms with Crippen LogP contribution in [0.15, 0.2) is 0 Å². The van der Waals surface area contributed by atoms with Crippen LogP contribution >= 0.6 is 11.8 Å². The Kier molecular flexibility index (Phi) is 6.23. The second-order valence-corrected chi connectivity index (χ2v) is 10.6. The summed E-state index contributed by atoms with van der Waals surface area (Å²) in [5.74, 6) is 3.79. The van der Waals surface area contributed by atoms with Gasteiger partial charge in [-0.25, -0.2) is 0 Å². The molecule has 3 aliphatic heterocycles. The van der Waals surface area contributed by atoms with Gasteiger partial charge in [0.05, 0.1) is 6.04 Å². The molecule has 8 unspecified atom stereocenters. The summed E-state index contributed by atoms with van der Waals surface area (Å²) in [5, 5.41) is 10.2. The normalized spacial score (nSPS) is 44.2. The number of amides is 2. The molecule has 3 saturated heterocycles. The van der Waals surface area contributed by atoms with Gasteiger partial charge in [0.15, 0.2) is 0 Å². The summed E-state index contributed by atoms with van der Waals surface area (Å²) in [5.41, 5.74) is 0. The Balaban J connectivity index is 1.41. The van der Waals surface area contributed by atoms with E-state index in [0.717, 1.165) is 50.3 Å². The number of carbonyl (C=O) groups is 2. The topological polar surface area (TPSA) is 73.5 Å². The fourth-order valence-corrected chi connectivity index (χ4v) is 6.91. The molecule has 4 fully saturated rings. The molecule has 8 atom stereocenters. The molecular weight excluding hydrogens is 372 g/mol. The monoisotopic (exact) mass is 408 g/mol. The molecule has 3 N–H and O–H groups in total. The van der Waals surface area contributed by atoms with Crippen molar-refractivity contribution in [2.75, 3.05) is 25.2 Å². The van der Waals surface area contributed by atoms with Crippen LogP contribution in [0.5, 0.6) is 0 Å². The van der Waals surface area contributed by atoms with Gasteiger partial charge >= 0.3 is 0 Å². The molecule has 0 aromatic rings. The minimum Gasteiger partial charge on any atom is -0.352 e. The third-order valence-electron chi connectivity index (χ3n) is 7.74. The zero-order valence-corrected chi connectivity index (χ0v) is 18.3. The molecule has 2 amide bonds. The van der Waals surface area contributed by atoms with E-state index in [0.29, 0.717) is 35.7 Å². The van der Waals surface area contributed by atoms with Gasteiger partial charge in [-0.2, -0.15) is 0 Å². The number of hydrogen-bond acceptors (Lipinski definition) is 5. The zero-order valence-electron chi connectivity index (χ0n) is 17.4. The summed E-state index contributed by atoms with van der Waals surface area (Å²) in [7, 11) is 2.01. The van der Waals surface area contributed by atoms with Crippen molar-refractivity contribution in [3.05, 3.63) is 0 Å². The van der Waals surface area contributed by atoms with Crippen LogP contribution in [0, 0.1) is 23.7 Å². The fourth-order valence-electron chi connectivity index (χ4n) is 5.97. The average molecular weight is 409 g/mol. The van der Waals surface area contributed by atoms with E-state index in [1.54, 1.807) is 11.8 Å². The van der Waals surface area contributed by atoms with E-state index < -0.39 is 0 Å². The summed E-state index contributed by atoms with van der Waals surface area (Å²) in [4.78, 5) is 27.9. The van der Waals surface area contributed by atoms with E-state index in [4.69, 9.17) is 0 Å². The molecule has 3 heterocycles. The van der Waals surface area contributed by atoms with Crippen LogP contribution in [-0.2, 0) is 9.59 Å². The largest absolute Gasteiger partial charge is 0.352 e. The lowest BCUT2D eigenvalue weighted by Gasteiger charge is -2.50. The number of likely N-dealkylation sites (tertiary alicyclic amines) is 1. The quantitative estimate of drug-likeness (QED) is 0.659. The van der Waals surface area contributed by atoms with Gasteiger partial charge in [-0.1, -0.05) is 6.92 Å². The van der Waals surface area contributed by atoms with Gasteiger partial charge in [-0.05, 0) is 56.8 Å². The average Bonchev–Trinajstić information content (AvgIpc) is 3.22. The molecule has 0 spiro atoms. The smallest absolute Gasteiger partial charge is 0.238 e. The highest BCUT2D eigenvalue weighted by Gasteiger charge is 2.47. The minimum absolute atomic E-state index is 0.0543. The van der Waals surface area contributed by atoms with E-state index in [1.165, 1.54) is 0 Å². The molecule has 0 bridgehead atoms. The van der Waals surface area contributed by atoms with Crippen LogP contribution in [0.4, 0.5) is 0 Å². The molecule has 4 aliphatic rings. The van der Waals surface area contributed by atoms with E-state index in [9.17, 15) is 9.59 Å². The molecule has 4 rings (SSSR count). The van der Waals surface area contributed by atoms with E-state index in [1.807, 2.05) is 7.05 Å². The highest BCUT2D eigenvalue weighted by molar-refractivity contribution is 7.99. The number of nitrogens with one attached hydrogen (secondary N) is 3. The number of hydrogen-bond donors (Lipinski definition) is 3. The summed E-state index contributed by atoms with van der Waals surface area (Å²) < 4.78 is 0. The number of thioether (sulfide) groups is 1. The minimum atomic E-state index is -0.0543. The van der Waals surface area contributed by atoms with Crippen molar-refractivity contribution in [3.8, 4) is 0 Å². The maximum absolute atomic E-state index is 13.3. The van der Waals surface area contributed by atoms with Gasteiger partial charge in [0.1, 0.15) is 0 Å². The Morgan fingerprint density at radius 3 is 2.75 bits per heavy atom. The number of piperidine rings is 2. The lowest BCUT2D eigenvalue weighted by molar-refractivity contribution is -0.148. The molecule has 6 nitrogen and oxygen atoms in total. The predicted molar refractivity (Wildman–Crippen MR) is 113 cm³/mol. The van der Waals surface area contributed by atoms with Gasteiger partial charge < -0.3 is 15.5 Å². The maximum Gasteiger partial charge on any atom is 0.238 e. The van der Waals surface area contributed by atoms with Crippen LogP contribution in [0.3, 0.4) is 0 Å². The molecule has 28 heavy (non-hydrogen) atoms. The lowest BCUT2D eigenvalue weighted by atomic mass is 9.65. The van der Waals surface area contributed by atoms with Crippen LogP contribution in [-0.4, -0.2) is 66.1 Å². The Morgan fingerprint density at radius 2 is 2.00 bits per heavy atom. The lowest BCUT2D eigenvalue weighted by Crippen LogP contribution is -2.60. The SMILES string of the molecule is CC1CC2C(CN1)CC(C1CC(NC(=O)C3CSCN3)CCC1C)C(=O)N2C. The van der Waals surface area contributed by atoms with Gasteiger partial charge in [0.2, 0.25) is 11.8 Å². The first-order chi connectivity index (χ1) is 13.4. The third-order valence-corrected chi connectivity index (χ3v) is 8.68. The van der Waals surface area contributed by atoms with Crippen molar-refractivity contribution in [1.29, 1.82) is 0 Å². The van der Waals surface area contributed by atoms with Gasteiger partial charge in [0, 0.05) is 49.3 Å². The molecular formula is C21H36N4O2S. The van der Waals surface area contributed by atoms with Gasteiger partial charge in [0.25, 0.3) is 0 Å². The Labute approximate surface area is 173 Å². The number of fused-ring (bicyclic) bond motifs is 1. The highest BCUT2D eigenvalue weighted by Crippen LogP contribution is 2.43. The second kappa shape index (κ2) is 8.52. The molecule has 1 aliphatic carbocycles. The maximum atomic E-state index is 13.3. The van der Waals surface area contributed by atoms with Gasteiger partial charge in [-0.15, -0.1) is 11.8 Å². The molecule has 158 valence electrons. The van der Waals surface area contributed by atoms with Crippen molar-refractivity contribution in [2.24, 2.45) is 23.7 Å². The van der Waals surface area contributed by atoms with Crippen LogP contribution in [0.2, 0.25) is 0 Å². The summed E-state index contributed by atoms with van der Waals surface area (Å²) >= 11 is 1.78. The summed E-state index contributed by atoms with van der Waals surface area (Å²) in [6.07, 6.45) is 5.14. The third kappa shape index (κ3) is 4.08. The first-order valence-electron chi connectivity index (χ1n) is 11.1. The van der Waals surface area contributed by atoms with Crippen molar-refractivity contribution in [1.82, 2.24) is 20.9 Å². The van der Waals surface area contributed by atoms with E-state index >= 15 is 0 Å². The van der Waals surface area contributed by atoms with Crippen molar-refractivity contribution < 1.29 is 9.59 Å². The van der Waals surface area contributed by atoms with Crippen LogP contribution in [0.1, 0.15) is 46.0 Å². The summed E-state index contributed by atoms with van der Waals surface area (Å²) in [6, 6.07) is 1.03. The van der Waals surface area contributed by atoms with Crippen LogP contribution < -0.4 is 16.0 Å². The molecule has 0 aromatic heterocycles. The first-order valence-corrected chi connectivity index (χ1v) is 12.2. The Bertz CT molecular complexity index is 597. The van der Waals surface area contributed by atoms with Crippen molar-refractivity contribution in [3.63, 3.8) is 0 Å². The molecule has 7 heteroatoms. The van der Waals surface area contributed by atoms with Crippen LogP contribution in [0.25, 0.3) is 0 Å². The molecule has 0 radical (unpaired) electrons. The number of nitrogens with zero attached hydrogens (tertiary/aromatic N) is 1. The van der Waals surface area contributed by atoms with E-state index in [-0.39, 0.29) is 23.9 Å². The highest BCUT2D eigenvalue weighted by atomic mass is 32.2. The predicted octanol–water partition coefficient (Wildman–Crippen LogP) is 1.41. The fraction of sp³-hybridized carbons (Fsp3) is 0.905. The Hall–Kier alpha value is -0.790. The van der Waals surface area contributed by atoms with Crippen molar-refractivity contribution >= 4 is 23.6 Å². The summed E-state index contributed by atoms with van der Waals surface area (Å²) in [6.45, 7) is 5.54. The molecule has 0 aromatic carbocycles.